The van der Waals surface area contributed by atoms with Gasteiger partial charge in [0.05, 0.1) is 0 Å². The average Bonchev–Trinajstić information content (AvgIpc) is 2.31. The zero-order valence-electron chi connectivity index (χ0n) is 9.04. The van der Waals surface area contributed by atoms with Crippen molar-refractivity contribution in [1.82, 2.24) is 0 Å². The summed E-state index contributed by atoms with van der Waals surface area (Å²) in [4.78, 5) is 0. The van der Waals surface area contributed by atoms with Crippen LogP contribution in [0.3, 0.4) is 0 Å². The highest BCUT2D eigenvalue weighted by atomic mass is 32.2. The van der Waals surface area contributed by atoms with Gasteiger partial charge in [0.1, 0.15) is 10.7 Å². The summed E-state index contributed by atoms with van der Waals surface area (Å²) in [5.74, 6) is 0. The number of rotatable bonds is 1. The lowest BCUT2D eigenvalue weighted by Gasteiger charge is -1.98. The third kappa shape index (κ3) is 4.75. The Morgan fingerprint density at radius 2 is 0.938 bits per heavy atom. The van der Waals surface area contributed by atoms with Gasteiger partial charge in [-0.15, -0.1) is 0 Å². The van der Waals surface area contributed by atoms with Gasteiger partial charge in [-0.1, -0.05) is 60.7 Å². The van der Waals surface area contributed by atoms with Gasteiger partial charge in [-0.05, 0) is 11.1 Å². The minimum absolute atomic E-state index is 1.12. The molecule has 2 aromatic carbocycles. The maximum Gasteiger partial charge on any atom is 0.137 e. The van der Waals surface area contributed by atoms with E-state index in [1.165, 1.54) is 11.1 Å². The number of thiol groups is 1. The Kier molecular flexibility index (Phi) is 5.29. The molecule has 16 heavy (non-hydrogen) atoms. The van der Waals surface area contributed by atoms with Crippen molar-refractivity contribution in [3.63, 3.8) is 0 Å². The fraction of sp³-hybridized carbons (Fsp3) is 0.0769. The lowest BCUT2D eigenvalue weighted by atomic mass is 10.1. The third-order valence-electron chi connectivity index (χ3n) is 1.88. The summed E-state index contributed by atoms with van der Waals surface area (Å²) in [6.45, 7) is 0. The Morgan fingerprint density at radius 3 is 1.19 bits per heavy atom. The molecule has 2 rings (SSSR count). The smallest absolute Gasteiger partial charge is 0.137 e. The molecule has 0 atom stereocenters. The van der Waals surface area contributed by atoms with Crippen LogP contribution in [0.2, 0.25) is 0 Å². The fourth-order valence-electron chi connectivity index (χ4n) is 1.26. The lowest BCUT2D eigenvalue weighted by Crippen LogP contribution is -1.73. The molecule has 2 aromatic rings. The molecule has 0 saturated carbocycles. The normalized spacial score (nSPS) is 9.38. The lowest BCUT2D eigenvalue weighted by molar-refractivity contribution is 0.619. The molecule has 0 aliphatic heterocycles. The largest absolute Gasteiger partial charge is 0.232 e. The first-order valence-electron chi connectivity index (χ1n) is 4.88. The Hall–Kier alpha value is -1.61. The molecule has 0 unspecified atom stereocenters. The second kappa shape index (κ2) is 6.80. The minimum atomic E-state index is -2.12. The molecule has 0 N–H and O–H groups in total. The number of hydrogen-bond donors (Lipinski definition) is 1. The first-order chi connectivity index (χ1) is 7.70. The van der Waals surface area contributed by atoms with Crippen molar-refractivity contribution in [2.75, 3.05) is 6.26 Å². The van der Waals surface area contributed by atoms with Crippen molar-refractivity contribution in [2.24, 2.45) is 0 Å². The number of hydrogen-bond acceptors (Lipinski definition) is 2. The highest BCUT2D eigenvalue weighted by molar-refractivity contribution is 7.71. The second-order valence-electron chi connectivity index (χ2n) is 3.17. The SMILES string of the molecule is C[SH](=O)=O.c1ccc(-c2ccccc2)cc1. The summed E-state index contributed by atoms with van der Waals surface area (Å²) >= 11 is 0. The predicted octanol–water partition coefficient (Wildman–Crippen LogP) is 2.58. The number of benzene rings is 2. The van der Waals surface area contributed by atoms with E-state index in [-0.39, 0.29) is 0 Å². The average molecular weight is 234 g/mol. The van der Waals surface area contributed by atoms with E-state index in [0.29, 0.717) is 0 Å². The molecule has 0 bridgehead atoms. The molecular weight excluding hydrogens is 220 g/mol. The van der Waals surface area contributed by atoms with Gasteiger partial charge in [0.25, 0.3) is 0 Å². The molecule has 0 fully saturated rings. The van der Waals surface area contributed by atoms with Crippen molar-refractivity contribution < 1.29 is 8.42 Å². The summed E-state index contributed by atoms with van der Waals surface area (Å²) in [5, 5.41) is 0. The van der Waals surface area contributed by atoms with Gasteiger partial charge in [-0.25, -0.2) is 8.42 Å². The summed E-state index contributed by atoms with van der Waals surface area (Å²) in [6.07, 6.45) is 1.12. The van der Waals surface area contributed by atoms with Crippen molar-refractivity contribution in [3.8, 4) is 11.1 Å². The van der Waals surface area contributed by atoms with E-state index in [9.17, 15) is 0 Å². The zero-order chi connectivity index (χ0) is 11.8. The van der Waals surface area contributed by atoms with Crippen LogP contribution in [0.1, 0.15) is 0 Å². The second-order valence-corrected chi connectivity index (χ2v) is 4.05. The van der Waals surface area contributed by atoms with E-state index in [4.69, 9.17) is 8.42 Å². The van der Waals surface area contributed by atoms with E-state index in [1.807, 2.05) is 12.1 Å². The van der Waals surface area contributed by atoms with E-state index in [1.54, 1.807) is 0 Å². The van der Waals surface area contributed by atoms with Gasteiger partial charge in [-0.2, -0.15) is 0 Å². The van der Waals surface area contributed by atoms with E-state index < -0.39 is 10.7 Å². The van der Waals surface area contributed by atoms with Gasteiger partial charge < -0.3 is 0 Å². The van der Waals surface area contributed by atoms with Gasteiger partial charge in [0.2, 0.25) is 0 Å². The predicted molar refractivity (Wildman–Crippen MR) is 68.1 cm³/mol. The van der Waals surface area contributed by atoms with Crippen LogP contribution in [0.25, 0.3) is 11.1 Å². The van der Waals surface area contributed by atoms with Gasteiger partial charge in [0, 0.05) is 6.26 Å². The minimum Gasteiger partial charge on any atom is -0.232 e. The van der Waals surface area contributed by atoms with E-state index in [2.05, 4.69) is 48.5 Å². The molecule has 0 aromatic heterocycles. The van der Waals surface area contributed by atoms with Crippen LogP contribution < -0.4 is 0 Å². The van der Waals surface area contributed by atoms with Gasteiger partial charge in [-0.3, -0.25) is 0 Å². The molecular formula is C13H14O2S. The molecule has 0 spiro atoms. The van der Waals surface area contributed by atoms with Crippen LogP contribution in [-0.4, -0.2) is 14.7 Å². The summed E-state index contributed by atoms with van der Waals surface area (Å²) in [6, 6.07) is 20.8. The maximum absolute atomic E-state index is 9.04. The van der Waals surface area contributed by atoms with Crippen LogP contribution in [-0.2, 0) is 10.7 Å². The van der Waals surface area contributed by atoms with E-state index >= 15 is 0 Å². The van der Waals surface area contributed by atoms with Gasteiger partial charge in [0.15, 0.2) is 0 Å². The monoisotopic (exact) mass is 234 g/mol. The molecule has 2 nitrogen and oxygen atoms in total. The molecule has 0 amide bonds. The van der Waals surface area contributed by atoms with Crippen molar-refractivity contribution >= 4 is 10.7 Å². The Bertz CT molecular complexity index is 430. The summed E-state index contributed by atoms with van der Waals surface area (Å²) < 4.78 is 18.1. The highest BCUT2D eigenvalue weighted by Gasteiger charge is 1.91. The molecule has 0 heterocycles. The van der Waals surface area contributed by atoms with Crippen LogP contribution in [0.5, 0.6) is 0 Å². The molecule has 0 aliphatic rings. The summed E-state index contributed by atoms with van der Waals surface area (Å²) in [7, 11) is -2.12. The molecule has 3 heteroatoms. The van der Waals surface area contributed by atoms with Crippen molar-refractivity contribution in [3.05, 3.63) is 60.7 Å². The van der Waals surface area contributed by atoms with Crippen LogP contribution in [0.15, 0.2) is 60.7 Å². The van der Waals surface area contributed by atoms with Crippen molar-refractivity contribution in [1.29, 1.82) is 0 Å². The molecule has 84 valence electrons. The Balaban J connectivity index is 0.000000280. The maximum atomic E-state index is 9.04. The standard InChI is InChI=1S/C12H10.CH4O2S/c1-3-7-11(8-4-1)12-9-5-2-6-10-12;1-4(2)3/h1-10H;4H,1H3. The Labute approximate surface area is 97.5 Å². The Morgan fingerprint density at radius 1 is 0.688 bits per heavy atom. The zero-order valence-corrected chi connectivity index (χ0v) is 9.93. The first kappa shape index (κ1) is 12.5. The van der Waals surface area contributed by atoms with Crippen molar-refractivity contribution in [2.45, 2.75) is 0 Å². The van der Waals surface area contributed by atoms with Crippen LogP contribution in [0.4, 0.5) is 0 Å². The topological polar surface area (TPSA) is 34.1 Å². The van der Waals surface area contributed by atoms with Crippen LogP contribution in [0, 0.1) is 0 Å². The van der Waals surface area contributed by atoms with Crippen LogP contribution >= 0.6 is 0 Å². The first-order valence-corrected chi connectivity index (χ1v) is 6.51. The fourth-order valence-corrected chi connectivity index (χ4v) is 1.26. The molecule has 0 saturated heterocycles. The molecule has 0 aliphatic carbocycles. The molecule has 0 radical (unpaired) electrons. The van der Waals surface area contributed by atoms with E-state index in [0.717, 1.165) is 6.26 Å². The highest BCUT2D eigenvalue weighted by Crippen LogP contribution is 2.17. The third-order valence-corrected chi connectivity index (χ3v) is 1.88. The summed E-state index contributed by atoms with van der Waals surface area (Å²) in [5.41, 5.74) is 2.55. The quantitative estimate of drug-likeness (QED) is 0.769. The van der Waals surface area contributed by atoms with Gasteiger partial charge >= 0.3 is 0 Å².